The molecule has 1 heterocycles. The Morgan fingerprint density at radius 1 is 1.33 bits per heavy atom. The number of hydrogen-bond donors (Lipinski definition) is 0. The second-order valence-corrected chi connectivity index (χ2v) is 4.74. The molecular weight excluding hydrogens is 146 g/mol. The van der Waals surface area contributed by atoms with Crippen molar-refractivity contribution in [3.8, 4) is 0 Å². The summed E-state index contributed by atoms with van der Waals surface area (Å²) in [6.07, 6.45) is 4.14. The Kier molecular flexibility index (Phi) is 3.16. The normalized spacial score (nSPS) is 25.0. The Bertz CT molecular complexity index is 136. The van der Waals surface area contributed by atoms with Gasteiger partial charge in [-0.05, 0) is 31.2 Å². The Morgan fingerprint density at radius 2 is 1.92 bits per heavy atom. The molecule has 1 unspecified atom stereocenters. The van der Waals surface area contributed by atoms with E-state index in [0.717, 1.165) is 5.92 Å². The van der Waals surface area contributed by atoms with Crippen molar-refractivity contribution in [2.45, 2.75) is 40.0 Å². The predicted octanol–water partition coefficient (Wildman–Crippen LogP) is 2.76. The van der Waals surface area contributed by atoms with E-state index in [1.54, 1.807) is 0 Å². The molecule has 0 saturated carbocycles. The summed E-state index contributed by atoms with van der Waals surface area (Å²) in [5.41, 5.74) is 0.685. The molecule has 1 aliphatic heterocycles. The Labute approximate surface area is 77.1 Å². The summed E-state index contributed by atoms with van der Waals surface area (Å²) in [7, 11) is 2.23. The van der Waals surface area contributed by atoms with Crippen molar-refractivity contribution in [2.75, 3.05) is 20.1 Å². The lowest BCUT2D eigenvalue weighted by Crippen LogP contribution is -2.54. The highest BCUT2D eigenvalue weighted by Crippen LogP contribution is 2.39. The van der Waals surface area contributed by atoms with Crippen LogP contribution < -0.4 is 0 Å². The Morgan fingerprint density at radius 3 is 2.25 bits per heavy atom. The van der Waals surface area contributed by atoms with E-state index < -0.39 is 0 Å². The lowest BCUT2D eigenvalue weighted by molar-refractivity contribution is -0.00131. The summed E-state index contributed by atoms with van der Waals surface area (Å²) >= 11 is 0. The van der Waals surface area contributed by atoms with Gasteiger partial charge in [-0.1, -0.05) is 27.2 Å². The molecular formula is C11H23N. The summed E-state index contributed by atoms with van der Waals surface area (Å²) in [5, 5.41) is 0. The number of rotatable bonds is 4. The molecule has 1 atom stereocenters. The first-order valence-corrected chi connectivity index (χ1v) is 5.30. The quantitative estimate of drug-likeness (QED) is 0.625. The van der Waals surface area contributed by atoms with Gasteiger partial charge in [0.2, 0.25) is 0 Å². The second-order valence-electron chi connectivity index (χ2n) is 4.74. The largest absolute Gasteiger partial charge is 0.305 e. The van der Waals surface area contributed by atoms with E-state index in [1.807, 2.05) is 0 Å². The van der Waals surface area contributed by atoms with Gasteiger partial charge in [-0.2, -0.15) is 0 Å². The van der Waals surface area contributed by atoms with E-state index in [2.05, 4.69) is 32.7 Å². The van der Waals surface area contributed by atoms with Gasteiger partial charge < -0.3 is 4.90 Å². The molecule has 0 radical (unpaired) electrons. The molecule has 0 aromatic carbocycles. The van der Waals surface area contributed by atoms with Crippen LogP contribution in [-0.2, 0) is 0 Å². The van der Waals surface area contributed by atoms with Gasteiger partial charge in [-0.25, -0.2) is 0 Å². The highest BCUT2D eigenvalue weighted by molar-refractivity contribution is 4.92. The second kappa shape index (κ2) is 3.78. The molecule has 72 valence electrons. The minimum Gasteiger partial charge on any atom is -0.305 e. The van der Waals surface area contributed by atoms with E-state index in [1.165, 1.54) is 32.4 Å². The van der Waals surface area contributed by atoms with Crippen LogP contribution in [0.4, 0.5) is 0 Å². The van der Waals surface area contributed by atoms with Crippen LogP contribution in [0.15, 0.2) is 0 Å². The molecule has 12 heavy (non-hydrogen) atoms. The highest BCUT2D eigenvalue weighted by atomic mass is 15.2. The molecule has 0 spiro atoms. The molecule has 0 N–H and O–H groups in total. The van der Waals surface area contributed by atoms with E-state index in [0.29, 0.717) is 5.41 Å². The first-order valence-electron chi connectivity index (χ1n) is 5.30. The number of likely N-dealkylation sites (tertiary alicyclic amines) is 1. The first kappa shape index (κ1) is 10.0. The van der Waals surface area contributed by atoms with E-state index in [-0.39, 0.29) is 0 Å². The predicted molar refractivity (Wildman–Crippen MR) is 54.3 cm³/mol. The van der Waals surface area contributed by atoms with Gasteiger partial charge in [-0.15, -0.1) is 0 Å². The topological polar surface area (TPSA) is 3.24 Å². The van der Waals surface area contributed by atoms with Gasteiger partial charge in [0.1, 0.15) is 0 Å². The lowest BCUT2D eigenvalue weighted by atomic mass is 9.71. The Hall–Kier alpha value is -0.0400. The van der Waals surface area contributed by atoms with Gasteiger partial charge in [0.25, 0.3) is 0 Å². The average molecular weight is 169 g/mol. The average Bonchev–Trinajstić information content (AvgIpc) is 2.01. The zero-order valence-electron chi connectivity index (χ0n) is 9.06. The monoisotopic (exact) mass is 169 g/mol. The van der Waals surface area contributed by atoms with Crippen LogP contribution in [0.25, 0.3) is 0 Å². The van der Waals surface area contributed by atoms with Gasteiger partial charge in [-0.3, -0.25) is 0 Å². The fourth-order valence-electron chi connectivity index (χ4n) is 2.48. The Balaban J connectivity index is 2.36. The van der Waals surface area contributed by atoms with Gasteiger partial charge in [0.05, 0.1) is 0 Å². The van der Waals surface area contributed by atoms with Crippen LogP contribution in [0.1, 0.15) is 40.0 Å². The third kappa shape index (κ3) is 2.01. The van der Waals surface area contributed by atoms with Gasteiger partial charge >= 0.3 is 0 Å². The maximum Gasteiger partial charge on any atom is 0.00474 e. The maximum absolute atomic E-state index is 2.44. The molecule has 1 fully saturated rings. The van der Waals surface area contributed by atoms with Crippen LogP contribution in [-0.4, -0.2) is 25.0 Å². The van der Waals surface area contributed by atoms with Crippen LogP contribution >= 0.6 is 0 Å². The van der Waals surface area contributed by atoms with Crippen LogP contribution in [0.5, 0.6) is 0 Å². The van der Waals surface area contributed by atoms with Crippen LogP contribution in [0.3, 0.4) is 0 Å². The SMILES string of the molecule is CCC(C)CC1(CC)CN(C)C1. The molecule has 1 heteroatoms. The number of nitrogens with zero attached hydrogens (tertiary/aromatic N) is 1. The molecule has 1 nitrogen and oxygen atoms in total. The molecule has 0 aliphatic carbocycles. The fraction of sp³-hybridized carbons (Fsp3) is 1.00. The molecule has 1 rings (SSSR count). The van der Waals surface area contributed by atoms with Crippen LogP contribution in [0.2, 0.25) is 0 Å². The third-order valence-corrected chi connectivity index (χ3v) is 3.44. The number of hydrogen-bond acceptors (Lipinski definition) is 1. The summed E-state index contributed by atoms with van der Waals surface area (Å²) in [5.74, 6) is 0.915. The van der Waals surface area contributed by atoms with Crippen molar-refractivity contribution in [3.05, 3.63) is 0 Å². The van der Waals surface area contributed by atoms with Crippen molar-refractivity contribution in [1.29, 1.82) is 0 Å². The van der Waals surface area contributed by atoms with Crippen molar-refractivity contribution in [1.82, 2.24) is 4.90 Å². The van der Waals surface area contributed by atoms with Crippen molar-refractivity contribution in [2.24, 2.45) is 11.3 Å². The summed E-state index contributed by atoms with van der Waals surface area (Å²) in [6, 6.07) is 0. The smallest absolute Gasteiger partial charge is 0.00474 e. The maximum atomic E-state index is 2.44. The summed E-state index contributed by atoms with van der Waals surface area (Å²) in [6.45, 7) is 9.68. The van der Waals surface area contributed by atoms with Crippen molar-refractivity contribution < 1.29 is 0 Å². The minimum atomic E-state index is 0.685. The van der Waals surface area contributed by atoms with E-state index in [9.17, 15) is 0 Å². The van der Waals surface area contributed by atoms with Crippen molar-refractivity contribution in [3.63, 3.8) is 0 Å². The first-order chi connectivity index (χ1) is 5.62. The van der Waals surface area contributed by atoms with E-state index >= 15 is 0 Å². The van der Waals surface area contributed by atoms with Gasteiger partial charge in [0, 0.05) is 13.1 Å². The lowest BCUT2D eigenvalue weighted by Gasteiger charge is -2.49. The third-order valence-electron chi connectivity index (χ3n) is 3.44. The molecule has 0 bridgehead atoms. The van der Waals surface area contributed by atoms with Crippen molar-refractivity contribution >= 4 is 0 Å². The molecule has 0 aromatic rings. The molecule has 1 saturated heterocycles. The minimum absolute atomic E-state index is 0.685. The molecule has 0 amide bonds. The fourth-order valence-corrected chi connectivity index (χ4v) is 2.48. The molecule has 1 aliphatic rings. The highest BCUT2D eigenvalue weighted by Gasteiger charge is 2.39. The molecule has 0 aromatic heterocycles. The zero-order chi connectivity index (χ0) is 9.19. The summed E-state index contributed by atoms with van der Waals surface area (Å²) in [4.78, 5) is 2.44. The summed E-state index contributed by atoms with van der Waals surface area (Å²) < 4.78 is 0. The zero-order valence-corrected chi connectivity index (χ0v) is 9.06. The van der Waals surface area contributed by atoms with E-state index in [4.69, 9.17) is 0 Å². The van der Waals surface area contributed by atoms with Gasteiger partial charge in [0.15, 0.2) is 0 Å². The van der Waals surface area contributed by atoms with Crippen LogP contribution in [0, 0.1) is 11.3 Å². The standard InChI is InChI=1S/C11H23N/c1-5-10(3)7-11(6-2)8-12(4)9-11/h10H,5-9H2,1-4H3.